The van der Waals surface area contributed by atoms with E-state index in [9.17, 15) is 79.5 Å². The first kappa shape index (κ1) is 62.2. The van der Waals surface area contributed by atoms with Crippen molar-refractivity contribution >= 4 is 41.2 Å². The minimum absolute atomic E-state index is 0.0406. The van der Waals surface area contributed by atoms with Crippen molar-refractivity contribution in [3.8, 4) is 5.75 Å². The number of rotatable bonds is 21. The summed E-state index contributed by atoms with van der Waals surface area (Å²) in [6, 6.07) is -4.76. The maximum Gasteiger partial charge on any atom is 0.248 e. The Morgan fingerprint density at radius 3 is 1.84 bits per heavy atom. The van der Waals surface area contributed by atoms with Crippen molar-refractivity contribution in [2.24, 2.45) is 11.8 Å². The Labute approximate surface area is 438 Å². The molecule has 22 nitrogen and oxygen atoms in total. The van der Waals surface area contributed by atoms with Crippen molar-refractivity contribution in [3.63, 3.8) is 0 Å². The summed E-state index contributed by atoms with van der Waals surface area (Å²) in [6.07, 6.45) is 2.62. The summed E-state index contributed by atoms with van der Waals surface area (Å²) in [6.45, 7) is 5.03. The van der Waals surface area contributed by atoms with Gasteiger partial charge in [-0.25, -0.2) is 0 Å². The van der Waals surface area contributed by atoms with Gasteiger partial charge in [0.25, 0.3) is 0 Å². The number of aliphatic hydroxyl groups excluding tert-OH is 8. The largest absolute Gasteiger partial charge is 0.508 e. The number of nitrogens with zero attached hydrogens (tertiary/aromatic N) is 2. The van der Waals surface area contributed by atoms with Gasteiger partial charge < -0.3 is 77.0 Å². The summed E-state index contributed by atoms with van der Waals surface area (Å²) in [5.41, 5.74) is -0.0563. The first-order valence-electron chi connectivity index (χ1n) is 26.4. The fourth-order valence-corrected chi connectivity index (χ4v) is 9.65. The van der Waals surface area contributed by atoms with E-state index in [0.717, 1.165) is 62.2 Å². The van der Waals surface area contributed by atoms with Crippen molar-refractivity contribution in [3.05, 3.63) is 54.1 Å². The van der Waals surface area contributed by atoms with Crippen LogP contribution in [-0.2, 0) is 33.6 Å². The monoisotopic (exact) mass is 1060 g/mol. The van der Waals surface area contributed by atoms with Crippen LogP contribution in [0.1, 0.15) is 136 Å². The summed E-state index contributed by atoms with van der Waals surface area (Å²) in [4.78, 5) is 100. The molecule has 0 saturated carbocycles. The zero-order valence-electron chi connectivity index (χ0n) is 43.6. The average Bonchev–Trinajstić information content (AvgIpc) is 3.91. The number of aromatic hydroxyl groups is 1. The zero-order chi connectivity index (χ0) is 55.5. The molecule has 0 aromatic heterocycles. The van der Waals surface area contributed by atoms with E-state index in [1.807, 2.05) is 0 Å². The van der Waals surface area contributed by atoms with Gasteiger partial charge in [0, 0.05) is 44.2 Å². The van der Waals surface area contributed by atoms with Gasteiger partial charge >= 0.3 is 0 Å². The van der Waals surface area contributed by atoms with Gasteiger partial charge in [0.2, 0.25) is 35.4 Å². The van der Waals surface area contributed by atoms with Gasteiger partial charge in [-0.3, -0.25) is 33.6 Å². The molecule has 3 saturated heterocycles. The Bertz CT molecular complexity index is 2110. The molecule has 3 fully saturated rings. The molecule has 3 aliphatic rings. The van der Waals surface area contributed by atoms with Crippen molar-refractivity contribution in [1.82, 2.24) is 31.1 Å². The lowest BCUT2D eigenvalue weighted by molar-refractivity contribution is -0.148. The van der Waals surface area contributed by atoms with Crippen LogP contribution in [0.5, 0.6) is 5.75 Å². The normalized spacial score (nSPS) is 29.5. The number of Topliss-reactive ketones (excluding diaryl/α,β-unsaturated/α-hetero) is 1. The lowest BCUT2D eigenvalue weighted by atomic mass is 9.91. The van der Waals surface area contributed by atoms with Gasteiger partial charge in [-0.05, 0) is 76.5 Å². The molecule has 0 bridgehead atoms. The highest BCUT2D eigenvalue weighted by Crippen LogP contribution is 2.28. The predicted molar refractivity (Wildman–Crippen MR) is 272 cm³/mol. The van der Waals surface area contributed by atoms with Crippen LogP contribution in [0.15, 0.2) is 48.6 Å². The van der Waals surface area contributed by atoms with Crippen LogP contribution in [0.2, 0.25) is 0 Å². The second-order valence-electron chi connectivity index (χ2n) is 20.4. The van der Waals surface area contributed by atoms with E-state index >= 15 is 0 Å². The highest BCUT2D eigenvalue weighted by Gasteiger charge is 2.50. The molecule has 1 aromatic rings. The van der Waals surface area contributed by atoms with Crippen molar-refractivity contribution < 1.29 is 79.5 Å². The average molecular weight is 1060 g/mol. The predicted octanol–water partition coefficient (Wildman–Crippen LogP) is -0.240. The molecule has 420 valence electrons. The molecule has 0 spiro atoms. The van der Waals surface area contributed by atoms with Crippen LogP contribution in [0.25, 0.3) is 0 Å². The number of ketones is 1. The Morgan fingerprint density at radius 2 is 1.23 bits per heavy atom. The SMILES string of the molecule is CCCCC/C=C/C/C=C/CCCCCCCC(=O)C[C@H]1C[C@@H](O)[C@@H](O)NC(=O)[C@@H]2[C@@H](O)[C@@H](C)CN2C(=O)[C@H]([C@@H](C)O)NC(=O)[C@H]([C@H](O)[C@@H](O)c2ccc(O)cc2)NC(=O)[C@@H]2C[C@@H](O)CN2C(=O)[C@H]([C@@H](C)O)NC1=O. The van der Waals surface area contributed by atoms with E-state index in [1.165, 1.54) is 50.5 Å². The number of unbranched alkanes of at least 4 members (excludes halogenated alkanes) is 8. The topological polar surface area (TPSA) is 356 Å². The Balaban J connectivity index is 1.62. The van der Waals surface area contributed by atoms with Crippen molar-refractivity contribution in [1.29, 1.82) is 0 Å². The third kappa shape index (κ3) is 18.2. The molecule has 6 amide bonds. The molecule has 22 heteroatoms. The highest BCUT2D eigenvalue weighted by atomic mass is 16.3. The number of benzene rings is 1. The summed E-state index contributed by atoms with van der Waals surface area (Å²) < 4.78 is 0. The van der Waals surface area contributed by atoms with Gasteiger partial charge in [0.1, 0.15) is 53.9 Å². The third-order valence-corrected chi connectivity index (χ3v) is 14.1. The lowest BCUT2D eigenvalue weighted by Crippen LogP contribution is -2.64. The Morgan fingerprint density at radius 1 is 0.667 bits per heavy atom. The minimum atomic E-state index is -2.26. The fraction of sp³-hybridized carbons (Fsp3) is 0.679. The fourth-order valence-electron chi connectivity index (χ4n) is 9.65. The maximum absolute atomic E-state index is 14.3. The number of phenolic OH excluding ortho intramolecular Hbond substituents is 1. The smallest absolute Gasteiger partial charge is 0.248 e. The number of allylic oxidation sites excluding steroid dienone is 4. The Hall–Kier alpha value is -5.33. The molecule has 15 atom stereocenters. The second kappa shape index (κ2) is 30.4. The summed E-state index contributed by atoms with van der Waals surface area (Å²) in [5.74, 6) is -10.0. The van der Waals surface area contributed by atoms with E-state index in [1.54, 1.807) is 0 Å². The molecule has 0 aliphatic carbocycles. The first-order chi connectivity index (χ1) is 35.6. The number of carbonyl (C=O) groups excluding carboxylic acids is 7. The summed E-state index contributed by atoms with van der Waals surface area (Å²) in [5, 5.41) is 108. The summed E-state index contributed by atoms with van der Waals surface area (Å²) in [7, 11) is 0. The number of carbonyl (C=O) groups is 7. The van der Waals surface area contributed by atoms with Gasteiger partial charge in [-0.15, -0.1) is 0 Å². The van der Waals surface area contributed by atoms with Gasteiger partial charge in [-0.1, -0.05) is 82.4 Å². The quantitative estimate of drug-likeness (QED) is 0.0558. The van der Waals surface area contributed by atoms with Crippen molar-refractivity contribution in [2.45, 2.75) is 203 Å². The highest BCUT2D eigenvalue weighted by molar-refractivity contribution is 5.98. The number of fused-ring (bicyclic) bond motifs is 2. The molecule has 0 radical (unpaired) electrons. The molecule has 1 aromatic carbocycles. The number of nitrogens with one attached hydrogen (secondary N) is 4. The molecular weight excluding hydrogens is 977 g/mol. The van der Waals surface area contributed by atoms with Crippen LogP contribution in [0, 0.1) is 11.8 Å². The van der Waals surface area contributed by atoms with Crippen LogP contribution in [-0.4, -0.2) is 183 Å². The van der Waals surface area contributed by atoms with Crippen LogP contribution >= 0.6 is 0 Å². The van der Waals surface area contributed by atoms with Gasteiger partial charge in [0.05, 0.1) is 30.5 Å². The van der Waals surface area contributed by atoms with Gasteiger partial charge in [-0.2, -0.15) is 0 Å². The molecule has 3 aliphatic heterocycles. The zero-order valence-corrected chi connectivity index (χ0v) is 43.6. The van der Waals surface area contributed by atoms with Crippen LogP contribution in [0.4, 0.5) is 0 Å². The molecule has 3 heterocycles. The lowest BCUT2D eigenvalue weighted by Gasteiger charge is -2.34. The standard InChI is InChI=1S/C53H82N6O16/c1-5-6-7-8-9-10-11-12-13-14-15-16-17-18-19-20-36(63)25-34-26-39(65)49(71)57-51(73)43-44(66)30(2)28-59(43)53(75)41(32(4)61)55-50(72)42(46(68)45(67)33-21-23-35(62)24-22-33)56-48(70)38-27-37(64)29-58(38)52(74)40(31(3)60)54-47(34)69/h9-10,12-13,21-24,30-32,34,37-46,49,60-62,64-68,71H,5-8,11,14-20,25-29H2,1-4H3,(H,54,69)(H,55,72)(H,56,70)(H,57,73)/b10-9+,13-12+/t30-,31+,32+,34-,37+,38-,39+,40-,41-,42-,43-,44-,45-,46-,49+/m0/s1. The second-order valence-corrected chi connectivity index (χ2v) is 20.4. The maximum atomic E-state index is 14.3. The van der Waals surface area contributed by atoms with E-state index < -0.39 is 158 Å². The molecule has 4 rings (SSSR count). The molecular formula is C53H82N6O16. The van der Waals surface area contributed by atoms with Gasteiger partial charge in [0.15, 0.2) is 6.23 Å². The summed E-state index contributed by atoms with van der Waals surface area (Å²) >= 11 is 0. The van der Waals surface area contributed by atoms with Crippen LogP contribution in [0.3, 0.4) is 0 Å². The number of phenols is 1. The van der Waals surface area contributed by atoms with E-state index in [-0.39, 0.29) is 24.3 Å². The molecule has 13 N–H and O–H groups in total. The van der Waals surface area contributed by atoms with E-state index in [2.05, 4.69) is 52.5 Å². The van der Waals surface area contributed by atoms with E-state index in [4.69, 9.17) is 0 Å². The number of hydrogen-bond donors (Lipinski definition) is 13. The minimum Gasteiger partial charge on any atom is -0.508 e. The third-order valence-electron chi connectivity index (χ3n) is 14.1. The molecule has 0 unspecified atom stereocenters. The number of aliphatic hydroxyl groups is 8. The van der Waals surface area contributed by atoms with E-state index in [0.29, 0.717) is 12.8 Å². The number of hydrogen-bond acceptors (Lipinski definition) is 16. The number of amides is 6. The Kier molecular flexibility index (Phi) is 25.2. The molecule has 75 heavy (non-hydrogen) atoms. The van der Waals surface area contributed by atoms with Crippen LogP contribution < -0.4 is 21.3 Å². The van der Waals surface area contributed by atoms with Crippen molar-refractivity contribution in [2.75, 3.05) is 13.1 Å². The first-order valence-corrected chi connectivity index (χ1v) is 26.4.